The van der Waals surface area contributed by atoms with Crippen LogP contribution in [0.15, 0.2) is 41.1 Å². The van der Waals surface area contributed by atoms with Gasteiger partial charge in [-0.1, -0.05) is 25.1 Å². The van der Waals surface area contributed by atoms with E-state index >= 15 is 0 Å². The maximum absolute atomic E-state index is 5.49. The zero-order valence-corrected chi connectivity index (χ0v) is 13.9. The Morgan fingerprint density at radius 1 is 1.19 bits per heavy atom. The van der Waals surface area contributed by atoms with E-state index < -0.39 is 0 Å². The average Bonchev–Trinajstić information content (AvgIpc) is 3.13. The topological polar surface area (TPSA) is 21.3 Å². The van der Waals surface area contributed by atoms with E-state index in [0.717, 1.165) is 18.7 Å². The predicted octanol–water partition coefficient (Wildman–Crippen LogP) is 4.86. The number of thiophene rings is 2. The zero-order chi connectivity index (χ0) is 14.7. The first-order chi connectivity index (χ1) is 10.3. The highest BCUT2D eigenvalue weighted by Crippen LogP contribution is 2.35. The molecular weight excluding hydrogens is 298 g/mol. The van der Waals surface area contributed by atoms with Crippen LogP contribution in [0.4, 0.5) is 0 Å². The smallest absolute Gasteiger partial charge is 0.134 e. The molecular formula is C17H19NOS2. The van der Waals surface area contributed by atoms with Crippen molar-refractivity contribution in [3.05, 3.63) is 51.5 Å². The van der Waals surface area contributed by atoms with Crippen LogP contribution in [0.5, 0.6) is 5.75 Å². The molecule has 0 aliphatic rings. The third-order valence-electron chi connectivity index (χ3n) is 3.63. The van der Waals surface area contributed by atoms with Gasteiger partial charge in [0.2, 0.25) is 0 Å². The van der Waals surface area contributed by atoms with E-state index in [1.165, 1.54) is 20.5 Å². The molecule has 1 atom stereocenters. The molecule has 0 aliphatic carbocycles. The summed E-state index contributed by atoms with van der Waals surface area (Å²) in [6, 6.07) is 11.0. The molecule has 110 valence electrons. The molecule has 0 amide bonds. The number of methoxy groups -OCH3 is 1. The first-order valence-electron chi connectivity index (χ1n) is 7.13. The molecule has 1 unspecified atom stereocenters. The van der Waals surface area contributed by atoms with Gasteiger partial charge in [0.15, 0.2) is 0 Å². The van der Waals surface area contributed by atoms with Crippen molar-refractivity contribution in [2.24, 2.45) is 0 Å². The van der Waals surface area contributed by atoms with Crippen LogP contribution in [0.25, 0.3) is 10.1 Å². The first-order valence-corrected chi connectivity index (χ1v) is 8.89. The Balaban J connectivity index is 1.92. The number of hydrogen-bond donors (Lipinski definition) is 1. The van der Waals surface area contributed by atoms with Crippen molar-refractivity contribution in [1.29, 1.82) is 0 Å². The fourth-order valence-corrected chi connectivity index (χ4v) is 4.56. The highest BCUT2D eigenvalue weighted by Gasteiger charge is 2.18. The highest BCUT2D eigenvalue weighted by molar-refractivity contribution is 7.17. The molecule has 2 heterocycles. The molecule has 2 nitrogen and oxygen atoms in total. The van der Waals surface area contributed by atoms with Crippen molar-refractivity contribution < 1.29 is 4.74 Å². The van der Waals surface area contributed by atoms with Gasteiger partial charge in [-0.05, 0) is 46.8 Å². The van der Waals surface area contributed by atoms with Gasteiger partial charge in [0.05, 0.1) is 12.0 Å². The van der Waals surface area contributed by atoms with Gasteiger partial charge in [-0.25, -0.2) is 0 Å². The molecule has 1 N–H and O–H groups in total. The van der Waals surface area contributed by atoms with Crippen molar-refractivity contribution >= 4 is 32.8 Å². The van der Waals surface area contributed by atoms with Crippen LogP contribution in [0.2, 0.25) is 0 Å². The second-order valence-electron chi connectivity index (χ2n) is 4.92. The van der Waals surface area contributed by atoms with Gasteiger partial charge in [-0.3, -0.25) is 0 Å². The van der Waals surface area contributed by atoms with Gasteiger partial charge in [-0.2, -0.15) is 0 Å². The van der Waals surface area contributed by atoms with E-state index in [-0.39, 0.29) is 0 Å². The molecule has 0 aliphatic heterocycles. The minimum absolute atomic E-state index is 0.308. The number of nitrogens with one attached hydrogen (secondary N) is 1. The summed E-state index contributed by atoms with van der Waals surface area (Å²) < 4.78 is 6.85. The number of benzene rings is 1. The van der Waals surface area contributed by atoms with E-state index in [4.69, 9.17) is 4.74 Å². The Bertz CT molecular complexity index is 716. The number of likely N-dealkylation sites (N-methyl/N-ethyl adjacent to an activating group) is 1. The Hall–Kier alpha value is -1.36. The van der Waals surface area contributed by atoms with Crippen LogP contribution in [0.3, 0.4) is 0 Å². The summed E-state index contributed by atoms with van der Waals surface area (Å²) in [6.07, 6.45) is 0.995. The summed E-state index contributed by atoms with van der Waals surface area (Å²) in [4.78, 5) is 1.29. The molecule has 0 radical (unpaired) electrons. The number of fused-ring (bicyclic) bond motifs is 1. The average molecular weight is 317 g/mol. The Kier molecular flexibility index (Phi) is 4.58. The maximum atomic E-state index is 5.49. The minimum Gasteiger partial charge on any atom is -0.496 e. The van der Waals surface area contributed by atoms with E-state index in [2.05, 4.69) is 53.3 Å². The van der Waals surface area contributed by atoms with Crippen LogP contribution in [-0.2, 0) is 6.42 Å². The maximum Gasteiger partial charge on any atom is 0.134 e. The van der Waals surface area contributed by atoms with Gasteiger partial charge in [0.25, 0.3) is 0 Å². The summed E-state index contributed by atoms with van der Waals surface area (Å²) in [6.45, 7) is 3.10. The van der Waals surface area contributed by atoms with E-state index in [1.807, 2.05) is 11.3 Å². The SMILES string of the molecule is CCNC(Cc1csc2ccccc12)c1sccc1OC. The number of ether oxygens (including phenoxy) is 1. The number of hydrogen-bond acceptors (Lipinski definition) is 4. The van der Waals surface area contributed by atoms with Crippen molar-refractivity contribution in [2.75, 3.05) is 13.7 Å². The molecule has 3 rings (SSSR count). The predicted molar refractivity (Wildman–Crippen MR) is 92.8 cm³/mol. The van der Waals surface area contributed by atoms with Gasteiger partial charge in [-0.15, -0.1) is 22.7 Å². The standard InChI is InChI=1S/C17H19NOS2/c1-3-18-14(17-15(19-2)8-9-20-17)10-12-11-21-16-7-5-4-6-13(12)16/h4-9,11,14,18H,3,10H2,1-2H3. The fraction of sp³-hybridized carbons (Fsp3) is 0.294. The third kappa shape index (κ3) is 2.98. The van der Waals surface area contributed by atoms with E-state index in [0.29, 0.717) is 6.04 Å². The lowest BCUT2D eigenvalue weighted by Gasteiger charge is -2.17. The van der Waals surface area contributed by atoms with Crippen LogP contribution in [0, 0.1) is 0 Å². The molecule has 3 aromatic rings. The molecule has 2 aromatic heterocycles. The summed E-state index contributed by atoms with van der Waals surface area (Å²) in [5.41, 5.74) is 1.41. The van der Waals surface area contributed by atoms with E-state index in [9.17, 15) is 0 Å². The highest BCUT2D eigenvalue weighted by atomic mass is 32.1. The molecule has 4 heteroatoms. The molecule has 0 saturated carbocycles. The summed E-state index contributed by atoms with van der Waals surface area (Å²) >= 11 is 3.59. The van der Waals surface area contributed by atoms with E-state index in [1.54, 1.807) is 18.4 Å². The van der Waals surface area contributed by atoms with Gasteiger partial charge >= 0.3 is 0 Å². The van der Waals surface area contributed by atoms with Gasteiger partial charge in [0.1, 0.15) is 5.75 Å². The van der Waals surface area contributed by atoms with Crippen LogP contribution in [-0.4, -0.2) is 13.7 Å². The van der Waals surface area contributed by atoms with Gasteiger partial charge < -0.3 is 10.1 Å². The Morgan fingerprint density at radius 3 is 2.86 bits per heavy atom. The van der Waals surface area contributed by atoms with Crippen LogP contribution < -0.4 is 10.1 Å². The lowest BCUT2D eigenvalue weighted by atomic mass is 10.0. The normalized spacial score (nSPS) is 12.7. The Morgan fingerprint density at radius 2 is 2.05 bits per heavy atom. The van der Waals surface area contributed by atoms with Crippen molar-refractivity contribution in [3.8, 4) is 5.75 Å². The largest absolute Gasteiger partial charge is 0.496 e. The lowest BCUT2D eigenvalue weighted by Crippen LogP contribution is -2.22. The molecule has 0 spiro atoms. The Labute approximate surface area is 133 Å². The third-order valence-corrected chi connectivity index (χ3v) is 5.65. The minimum atomic E-state index is 0.308. The summed E-state index contributed by atoms with van der Waals surface area (Å²) in [7, 11) is 1.74. The summed E-state index contributed by atoms with van der Waals surface area (Å²) in [5, 5.41) is 9.36. The molecule has 1 aromatic carbocycles. The first kappa shape index (κ1) is 14.6. The molecule has 0 saturated heterocycles. The monoisotopic (exact) mass is 317 g/mol. The second-order valence-corrected chi connectivity index (χ2v) is 6.78. The van der Waals surface area contributed by atoms with Crippen LogP contribution in [0.1, 0.15) is 23.4 Å². The lowest BCUT2D eigenvalue weighted by molar-refractivity contribution is 0.403. The summed E-state index contributed by atoms with van der Waals surface area (Å²) in [5.74, 6) is 0.991. The van der Waals surface area contributed by atoms with Crippen molar-refractivity contribution in [3.63, 3.8) is 0 Å². The molecule has 0 bridgehead atoms. The van der Waals surface area contributed by atoms with Gasteiger partial charge in [0, 0.05) is 10.7 Å². The number of rotatable bonds is 6. The second kappa shape index (κ2) is 6.60. The van der Waals surface area contributed by atoms with Crippen molar-refractivity contribution in [2.45, 2.75) is 19.4 Å². The van der Waals surface area contributed by atoms with Crippen molar-refractivity contribution in [1.82, 2.24) is 5.32 Å². The zero-order valence-electron chi connectivity index (χ0n) is 12.3. The quantitative estimate of drug-likeness (QED) is 0.700. The molecule has 0 fully saturated rings. The molecule has 21 heavy (non-hydrogen) atoms. The fourth-order valence-electron chi connectivity index (χ4n) is 2.65. The van der Waals surface area contributed by atoms with Crippen LogP contribution >= 0.6 is 22.7 Å².